The Balaban J connectivity index is 2.31. The Morgan fingerprint density at radius 3 is 2.42 bits per heavy atom. The Morgan fingerprint density at radius 1 is 1.21 bits per heavy atom. The standard InChI is InChI=1S/C16H23NO2/c1-12-8-7-11-14(16(18)19)15(12)17(2)13-9-5-3-4-6-10-13/h7-8,11,13H,3-6,9-10H2,1-2H3,(H,18,19). The molecule has 1 aliphatic rings. The molecule has 1 N–H and O–H groups in total. The molecule has 0 bridgehead atoms. The summed E-state index contributed by atoms with van der Waals surface area (Å²) >= 11 is 0. The molecule has 0 saturated heterocycles. The van der Waals surface area contributed by atoms with Gasteiger partial charge in [0.05, 0.1) is 11.3 Å². The number of hydrogen-bond donors (Lipinski definition) is 1. The Morgan fingerprint density at radius 2 is 1.84 bits per heavy atom. The van der Waals surface area contributed by atoms with Crippen LogP contribution in [0.15, 0.2) is 18.2 Å². The molecule has 1 saturated carbocycles. The van der Waals surface area contributed by atoms with Crippen LogP contribution < -0.4 is 4.90 Å². The SMILES string of the molecule is Cc1cccc(C(=O)O)c1N(C)C1CCCCCC1. The zero-order valence-electron chi connectivity index (χ0n) is 11.9. The van der Waals surface area contributed by atoms with Crippen molar-refractivity contribution in [1.29, 1.82) is 0 Å². The number of nitrogens with zero attached hydrogens (tertiary/aromatic N) is 1. The highest BCUT2D eigenvalue weighted by Gasteiger charge is 2.22. The Kier molecular flexibility index (Phi) is 4.46. The number of hydrogen-bond acceptors (Lipinski definition) is 2. The monoisotopic (exact) mass is 261 g/mol. The van der Waals surface area contributed by atoms with Gasteiger partial charge < -0.3 is 10.0 Å². The summed E-state index contributed by atoms with van der Waals surface area (Å²) in [5.74, 6) is -0.834. The predicted octanol–water partition coefficient (Wildman–Crippen LogP) is 3.85. The van der Waals surface area contributed by atoms with Crippen molar-refractivity contribution in [3.63, 3.8) is 0 Å². The van der Waals surface area contributed by atoms with E-state index in [4.69, 9.17) is 0 Å². The van der Waals surface area contributed by atoms with Gasteiger partial charge in [-0.1, -0.05) is 37.8 Å². The normalized spacial score (nSPS) is 16.9. The summed E-state index contributed by atoms with van der Waals surface area (Å²) in [5, 5.41) is 9.37. The van der Waals surface area contributed by atoms with Crippen molar-refractivity contribution >= 4 is 11.7 Å². The van der Waals surface area contributed by atoms with Gasteiger partial charge >= 0.3 is 5.97 Å². The topological polar surface area (TPSA) is 40.5 Å². The van der Waals surface area contributed by atoms with Crippen molar-refractivity contribution in [1.82, 2.24) is 0 Å². The number of aryl methyl sites for hydroxylation is 1. The number of benzene rings is 1. The number of anilines is 1. The minimum absolute atomic E-state index is 0.423. The molecule has 3 heteroatoms. The van der Waals surface area contributed by atoms with Crippen LogP contribution in [0.25, 0.3) is 0 Å². The number of carboxylic acids is 1. The fourth-order valence-corrected chi connectivity index (χ4v) is 3.13. The van der Waals surface area contributed by atoms with E-state index in [0.717, 1.165) is 11.3 Å². The van der Waals surface area contributed by atoms with Gasteiger partial charge in [-0.25, -0.2) is 4.79 Å². The lowest BCUT2D eigenvalue weighted by atomic mass is 10.0. The smallest absolute Gasteiger partial charge is 0.337 e. The molecule has 0 heterocycles. The molecule has 0 amide bonds. The van der Waals surface area contributed by atoms with E-state index in [1.54, 1.807) is 6.07 Å². The Bertz CT molecular complexity index is 448. The van der Waals surface area contributed by atoms with Crippen LogP contribution in [0.4, 0.5) is 5.69 Å². The predicted molar refractivity (Wildman–Crippen MR) is 78.0 cm³/mol. The second kappa shape index (κ2) is 6.09. The molecule has 0 unspecified atom stereocenters. The van der Waals surface area contributed by atoms with Gasteiger partial charge in [0.1, 0.15) is 0 Å². The fraction of sp³-hybridized carbons (Fsp3) is 0.562. The van der Waals surface area contributed by atoms with Gasteiger partial charge in [-0.05, 0) is 31.4 Å². The van der Waals surface area contributed by atoms with Crippen LogP contribution in [0, 0.1) is 6.92 Å². The first-order valence-corrected chi connectivity index (χ1v) is 7.17. The number of para-hydroxylation sites is 1. The minimum Gasteiger partial charge on any atom is -0.478 e. The molecule has 3 nitrogen and oxygen atoms in total. The lowest BCUT2D eigenvalue weighted by molar-refractivity contribution is 0.0697. The van der Waals surface area contributed by atoms with E-state index in [1.165, 1.54) is 38.5 Å². The van der Waals surface area contributed by atoms with E-state index in [0.29, 0.717) is 11.6 Å². The van der Waals surface area contributed by atoms with Gasteiger partial charge in [-0.15, -0.1) is 0 Å². The molecule has 1 aliphatic carbocycles. The van der Waals surface area contributed by atoms with Gasteiger partial charge in [-0.3, -0.25) is 0 Å². The number of rotatable bonds is 3. The van der Waals surface area contributed by atoms with Crippen LogP contribution in [-0.2, 0) is 0 Å². The molecule has 0 radical (unpaired) electrons. The van der Waals surface area contributed by atoms with Crippen LogP contribution in [0.3, 0.4) is 0 Å². The molecule has 1 aromatic carbocycles. The van der Waals surface area contributed by atoms with Crippen molar-refractivity contribution in [2.75, 3.05) is 11.9 Å². The lowest BCUT2D eigenvalue weighted by Crippen LogP contribution is -2.33. The molecule has 19 heavy (non-hydrogen) atoms. The van der Waals surface area contributed by atoms with Gasteiger partial charge in [-0.2, -0.15) is 0 Å². The van der Waals surface area contributed by atoms with Crippen LogP contribution in [0.5, 0.6) is 0 Å². The highest BCUT2D eigenvalue weighted by Crippen LogP contribution is 2.30. The van der Waals surface area contributed by atoms with Crippen molar-refractivity contribution in [3.05, 3.63) is 29.3 Å². The summed E-state index contributed by atoms with van der Waals surface area (Å²) in [6.07, 6.45) is 7.47. The van der Waals surface area contributed by atoms with Crippen LogP contribution in [-0.4, -0.2) is 24.2 Å². The van der Waals surface area contributed by atoms with E-state index in [1.807, 2.05) is 26.1 Å². The first-order valence-electron chi connectivity index (χ1n) is 7.17. The highest BCUT2D eigenvalue weighted by atomic mass is 16.4. The molecule has 0 atom stereocenters. The maximum atomic E-state index is 11.4. The first-order chi connectivity index (χ1) is 9.11. The molecule has 2 rings (SSSR count). The van der Waals surface area contributed by atoms with Crippen molar-refractivity contribution < 1.29 is 9.90 Å². The maximum Gasteiger partial charge on any atom is 0.337 e. The Labute approximate surface area is 115 Å². The van der Waals surface area contributed by atoms with Crippen molar-refractivity contribution in [3.8, 4) is 0 Å². The summed E-state index contributed by atoms with van der Waals surface area (Å²) in [6.45, 7) is 2.00. The van der Waals surface area contributed by atoms with Gasteiger partial charge in [0, 0.05) is 13.1 Å². The third-order valence-electron chi connectivity index (χ3n) is 4.19. The third-order valence-corrected chi connectivity index (χ3v) is 4.19. The van der Waals surface area contributed by atoms with Gasteiger partial charge in [0.15, 0.2) is 0 Å². The summed E-state index contributed by atoms with van der Waals surface area (Å²) in [4.78, 5) is 13.6. The van der Waals surface area contributed by atoms with E-state index < -0.39 is 5.97 Å². The second-order valence-electron chi connectivity index (χ2n) is 5.53. The van der Waals surface area contributed by atoms with E-state index in [-0.39, 0.29) is 0 Å². The first kappa shape index (κ1) is 13.9. The largest absolute Gasteiger partial charge is 0.478 e. The average Bonchev–Trinajstić information content (AvgIpc) is 2.66. The zero-order chi connectivity index (χ0) is 13.8. The minimum atomic E-state index is -0.834. The van der Waals surface area contributed by atoms with Crippen LogP contribution >= 0.6 is 0 Å². The number of aromatic carboxylic acids is 1. The summed E-state index contributed by atoms with van der Waals surface area (Å²) in [5.41, 5.74) is 2.36. The quantitative estimate of drug-likeness (QED) is 0.840. The fourth-order valence-electron chi connectivity index (χ4n) is 3.13. The van der Waals surface area contributed by atoms with Crippen LogP contribution in [0.1, 0.15) is 54.4 Å². The highest BCUT2D eigenvalue weighted by molar-refractivity contribution is 5.95. The second-order valence-corrected chi connectivity index (χ2v) is 5.53. The van der Waals surface area contributed by atoms with Crippen LogP contribution in [0.2, 0.25) is 0 Å². The molecule has 1 aromatic rings. The molecule has 0 aliphatic heterocycles. The van der Waals surface area contributed by atoms with Crippen molar-refractivity contribution in [2.45, 2.75) is 51.5 Å². The molecule has 0 spiro atoms. The number of carbonyl (C=O) groups is 1. The molecule has 1 fully saturated rings. The summed E-state index contributed by atoms with van der Waals surface area (Å²) < 4.78 is 0. The molecule has 104 valence electrons. The summed E-state index contributed by atoms with van der Waals surface area (Å²) in [7, 11) is 2.05. The Hall–Kier alpha value is -1.51. The summed E-state index contributed by atoms with van der Waals surface area (Å²) in [6, 6.07) is 6.00. The molecule has 0 aromatic heterocycles. The zero-order valence-corrected chi connectivity index (χ0v) is 11.9. The number of carboxylic acid groups (broad SMARTS) is 1. The molecular weight excluding hydrogens is 238 g/mol. The molecular formula is C16H23NO2. The third kappa shape index (κ3) is 3.09. The van der Waals surface area contributed by atoms with E-state index >= 15 is 0 Å². The van der Waals surface area contributed by atoms with E-state index in [9.17, 15) is 9.90 Å². The average molecular weight is 261 g/mol. The van der Waals surface area contributed by atoms with Gasteiger partial charge in [0.25, 0.3) is 0 Å². The van der Waals surface area contributed by atoms with Gasteiger partial charge in [0.2, 0.25) is 0 Å². The lowest BCUT2D eigenvalue weighted by Gasteiger charge is -2.31. The van der Waals surface area contributed by atoms with Crippen molar-refractivity contribution in [2.24, 2.45) is 0 Å². The maximum absolute atomic E-state index is 11.4. The van der Waals surface area contributed by atoms with E-state index in [2.05, 4.69) is 4.90 Å².